The van der Waals surface area contributed by atoms with Gasteiger partial charge in [0.15, 0.2) is 11.6 Å². The molecule has 41 heavy (non-hydrogen) atoms. The highest BCUT2D eigenvalue weighted by Gasteiger charge is 2.57. The van der Waals surface area contributed by atoms with Crippen LogP contribution in [-0.2, 0) is 19.2 Å². The van der Waals surface area contributed by atoms with Gasteiger partial charge in [-0.3, -0.25) is 24.1 Å². The number of ketones is 2. The third-order valence-electron chi connectivity index (χ3n) is 7.96. The molecule has 2 amide bonds. The monoisotopic (exact) mass is 739 g/mol. The van der Waals surface area contributed by atoms with E-state index in [1.165, 1.54) is 0 Å². The van der Waals surface area contributed by atoms with E-state index in [0.29, 0.717) is 11.3 Å². The number of alkyl halides is 3. The van der Waals surface area contributed by atoms with E-state index >= 15 is 0 Å². The SMILES string of the molecule is O=C1C=C(Br)C(=O)C2=C1C(c1cc(OC(F)(F)F)ccc1O)C1=CCC3C(=O)N(c4ccc(I)cc4)C(=O)C3C1C2. The Morgan fingerprint density at radius 3 is 2.39 bits per heavy atom. The first kappa shape index (κ1) is 27.9. The average molecular weight is 740 g/mol. The first-order chi connectivity index (χ1) is 19.4. The van der Waals surface area contributed by atoms with Crippen molar-refractivity contribution < 1.29 is 42.2 Å². The zero-order valence-electron chi connectivity index (χ0n) is 20.7. The van der Waals surface area contributed by atoms with Crippen molar-refractivity contribution in [2.75, 3.05) is 4.90 Å². The highest BCUT2D eigenvalue weighted by molar-refractivity contribution is 14.1. The van der Waals surface area contributed by atoms with E-state index in [2.05, 4.69) is 43.3 Å². The van der Waals surface area contributed by atoms with Gasteiger partial charge in [-0.1, -0.05) is 11.6 Å². The van der Waals surface area contributed by atoms with Crippen molar-refractivity contribution in [2.45, 2.75) is 25.1 Å². The van der Waals surface area contributed by atoms with Gasteiger partial charge in [0.05, 0.1) is 22.0 Å². The molecule has 1 heterocycles. The first-order valence-electron chi connectivity index (χ1n) is 12.5. The van der Waals surface area contributed by atoms with E-state index in [-0.39, 0.29) is 39.9 Å². The van der Waals surface area contributed by atoms with Crippen LogP contribution in [0.4, 0.5) is 18.9 Å². The molecule has 1 fully saturated rings. The molecule has 3 aliphatic carbocycles. The van der Waals surface area contributed by atoms with Crippen molar-refractivity contribution in [1.29, 1.82) is 0 Å². The Morgan fingerprint density at radius 2 is 1.71 bits per heavy atom. The van der Waals surface area contributed by atoms with Gasteiger partial charge in [0.1, 0.15) is 11.5 Å². The molecule has 1 N–H and O–H groups in total. The number of halogens is 5. The van der Waals surface area contributed by atoms with Gasteiger partial charge in [-0.15, -0.1) is 13.2 Å². The smallest absolute Gasteiger partial charge is 0.508 e. The van der Waals surface area contributed by atoms with Gasteiger partial charge in [-0.2, -0.15) is 0 Å². The van der Waals surface area contributed by atoms with Gasteiger partial charge in [0.2, 0.25) is 11.8 Å². The number of rotatable bonds is 3. The minimum Gasteiger partial charge on any atom is -0.508 e. The highest BCUT2D eigenvalue weighted by Crippen LogP contribution is 2.57. The number of Topliss-reactive ketones (excluding diaryl/α,β-unsaturated/α-hetero) is 1. The quantitative estimate of drug-likeness (QED) is 0.183. The minimum atomic E-state index is -5.01. The van der Waals surface area contributed by atoms with Crippen LogP contribution in [-0.4, -0.2) is 34.8 Å². The second kappa shape index (κ2) is 9.93. The Hall–Kier alpha value is -3.26. The number of nitrogens with zero attached hydrogens (tertiary/aromatic N) is 1. The fourth-order valence-corrected chi connectivity index (χ4v) is 7.17. The maximum atomic E-state index is 13.9. The Balaban J connectivity index is 1.49. The summed E-state index contributed by atoms with van der Waals surface area (Å²) >= 11 is 5.23. The highest BCUT2D eigenvalue weighted by atomic mass is 127. The van der Waals surface area contributed by atoms with Crippen LogP contribution in [0.2, 0.25) is 0 Å². The van der Waals surface area contributed by atoms with Crippen LogP contribution >= 0.6 is 38.5 Å². The van der Waals surface area contributed by atoms with Crippen molar-refractivity contribution in [3.63, 3.8) is 0 Å². The molecule has 0 saturated carbocycles. The lowest BCUT2D eigenvalue weighted by atomic mass is 9.59. The van der Waals surface area contributed by atoms with E-state index in [1.807, 2.05) is 0 Å². The molecule has 0 bridgehead atoms. The van der Waals surface area contributed by atoms with Crippen LogP contribution in [0.1, 0.15) is 24.3 Å². The Kier molecular flexibility index (Phi) is 6.76. The number of imide groups is 1. The predicted octanol–water partition coefficient (Wildman–Crippen LogP) is 5.86. The van der Waals surface area contributed by atoms with Crippen molar-refractivity contribution in [2.24, 2.45) is 17.8 Å². The number of amides is 2. The number of aromatic hydroxyl groups is 1. The summed E-state index contributed by atoms with van der Waals surface area (Å²) in [6.45, 7) is 0. The number of hydrogen-bond acceptors (Lipinski definition) is 6. The van der Waals surface area contributed by atoms with Gasteiger partial charge in [0, 0.05) is 32.3 Å². The van der Waals surface area contributed by atoms with Gasteiger partial charge in [0.25, 0.3) is 0 Å². The van der Waals surface area contributed by atoms with Gasteiger partial charge in [-0.05, 0) is 99.7 Å². The number of anilines is 1. The summed E-state index contributed by atoms with van der Waals surface area (Å²) in [5.74, 6) is -6.37. The number of carbonyl (C=O) groups is 4. The molecule has 4 atom stereocenters. The fourth-order valence-electron chi connectivity index (χ4n) is 6.37. The molecule has 1 saturated heterocycles. The van der Waals surface area contributed by atoms with E-state index in [0.717, 1.165) is 32.7 Å². The molecule has 210 valence electrons. The number of fused-ring (bicyclic) bond motifs is 3. The van der Waals surface area contributed by atoms with E-state index in [9.17, 15) is 37.5 Å². The Bertz CT molecular complexity index is 1640. The van der Waals surface area contributed by atoms with E-state index < -0.39 is 59.0 Å². The predicted molar refractivity (Wildman–Crippen MR) is 151 cm³/mol. The molecule has 0 spiro atoms. The second-order valence-electron chi connectivity index (χ2n) is 10.2. The third kappa shape index (κ3) is 4.64. The summed E-state index contributed by atoms with van der Waals surface area (Å²) in [5, 5.41) is 10.8. The molecule has 2 aromatic carbocycles. The van der Waals surface area contributed by atoms with Crippen molar-refractivity contribution >= 4 is 67.6 Å². The average Bonchev–Trinajstić information content (AvgIpc) is 3.17. The standard InChI is InChI=1S/C29H18BrF3INO6/c30-20-11-22(37)25-19(26(20)38)10-17-15(23(25)18-9-14(5-8-21(18)36)41-29(31,32)33)6-7-16-24(17)28(40)35(27(16)39)13-3-1-12(34)2-4-13/h1-6,8-9,11,16-17,23-24,36H,7,10H2. The lowest BCUT2D eigenvalue weighted by Crippen LogP contribution is -2.39. The number of phenols is 1. The van der Waals surface area contributed by atoms with Gasteiger partial charge < -0.3 is 9.84 Å². The van der Waals surface area contributed by atoms with Gasteiger partial charge >= 0.3 is 6.36 Å². The van der Waals surface area contributed by atoms with Crippen molar-refractivity contribution in [3.05, 3.63) is 85.0 Å². The van der Waals surface area contributed by atoms with Crippen LogP contribution < -0.4 is 9.64 Å². The summed E-state index contributed by atoms with van der Waals surface area (Å²) in [7, 11) is 0. The molecule has 12 heteroatoms. The van der Waals surface area contributed by atoms with Crippen LogP contribution in [0.3, 0.4) is 0 Å². The molecule has 1 aliphatic heterocycles. The second-order valence-corrected chi connectivity index (χ2v) is 12.3. The molecule has 4 aliphatic rings. The minimum absolute atomic E-state index is 0.00695. The van der Waals surface area contributed by atoms with E-state index in [4.69, 9.17) is 0 Å². The van der Waals surface area contributed by atoms with Crippen LogP contribution in [0.25, 0.3) is 0 Å². The third-order valence-corrected chi connectivity index (χ3v) is 9.27. The van der Waals surface area contributed by atoms with Crippen LogP contribution in [0.15, 0.2) is 75.8 Å². The fraction of sp³-hybridized carbons (Fsp3) is 0.241. The van der Waals surface area contributed by atoms with E-state index in [1.54, 1.807) is 30.3 Å². The summed E-state index contributed by atoms with van der Waals surface area (Å²) in [6, 6.07) is 9.82. The molecular weight excluding hydrogens is 722 g/mol. The summed E-state index contributed by atoms with van der Waals surface area (Å²) in [6.07, 6.45) is -2.08. The lowest BCUT2D eigenvalue weighted by molar-refractivity contribution is -0.274. The Labute approximate surface area is 253 Å². The number of allylic oxidation sites excluding steroid dienone is 6. The summed E-state index contributed by atoms with van der Waals surface area (Å²) < 4.78 is 44.1. The van der Waals surface area contributed by atoms with Gasteiger partial charge in [-0.25, -0.2) is 0 Å². The number of hydrogen-bond donors (Lipinski definition) is 1. The van der Waals surface area contributed by atoms with Crippen molar-refractivity contribution in [1.82, 2.24) is 0 Å². The topological polar surface area (TPSA) is 101 Å². The molecule has 0 aromatic heterocycles. The summed E-state index contributed by atoms with van der Waals surface area (Å²) in [4.78, 5) is 55.1. The molecular formula is C29H18BrF3INO6. The number of benzene rings is 2. The normalized spacial score (nSPS) is 25.9. The van der Waals surface area contributed by atoms with Crippen molar-refractivity contribution in [3.8, 4) is 11.5 Å². The lowest BCUT2D eigenvalue weighted by Gasteiger charge is -2.42. The molecule has 2 aromatic rings. The zero-order valence-corrected chi connectivity index (χ0v) is 24.5. The summed E-state index contributed by atoms with van der Waals surface area (Å²) in [5.41, 5.74) is 0.930. The maximum absolute atomic E-state index is 13.9. The molecule has 7 nitrogen and oxygen atoms in total. The van der Waals surface area contributed by atoms with Crippen LogP contribution in [0.5, 0.6) is 11.5 Å². The molecule has 4 unspecified atom stereocenters. The molecule has 6 rings (SSSR count). The largest absolute Gasteiger partial charge is 0.573 e. The van der Waals surface area contributed by atoms with Crippen LogP contribution in [0, 0.1) is 21.3 Å². The zero-order chi connectivity index (χ0) is 29.4. The number of ether oxygens (including phenoxy) is 1. The molecule has 0 radical (unpaired) electrons. The maximum Gasteiger partial charge on any atom is 0.573 e. The Morgan fingerprint density at radius 1 is 1.00 bits per heavy atom. The number of phenolic OH excluding ortho intramolecular Hbond substituents is 1. The first-order valence-corrected chi connectivity index (χ1v) is 14.3. The number of carbonyl (C=O) groups excluding carboxylic acids is 4.